The molecule has 8 nitrogen and oxygen atoms in total. The Morgan fingerprint density at radius 1 is 1.30 bits per heavy atom. The number of rotatable bonds is 7. The highest BCUT2D eigenvalue weighted by molar-refractivity contribution is 5.78. The quantitative estimate of drug-likeness (QED) is 0.311. The standard InChI is InChI=1S/C15H28N4O4/c1-3-23-15(21)19-10-7-12(8-11-19)18-14(16)17-9-5-4-6-13(20)22-2/h12H,3-11H2,1-2H3,(H3,16,17,18). The Morgan fingerprint density at radius 3 is 2.61 bits per heavy atom. The van der Waals surface area contributed by atoms with Crippen LogP contribution in [0.5, 0.6) is 0 Å². The van der Waals surface area contributed by atoms with Crippen molar-refractivity contribution in [1.82, 2.24) is 10.2 Å². The summed E-state index contributed by atoms with van der Waals surface area (Å²) >= 11 is 0. The van der Waals surface area contributed by atoms with Gasteiger partial charge in [-0.2, -0.15) is 0 Å². The highest BCUT2D eigenvalue weighted by atomic mass is 16.6. The van der Waals surface area contributed by atoms with Gasteiger partial charge in [0.25, 0.3) is 0 Å². The average Bonchev–Trinajstić information content (AvgIpc) is 2.55. The first-order valence-electron chi connectivity index (χ1n) is 8.11. The van der Waals surface area contributed by atoms with E-state index < -0.39 is 0 Å². The SMILES string of the molecule is CCOC(=O)N1CCC(NC(N)=NCCCCC(=O)OC)CC1. The van der Waals surface area contributed by atoms with Gasteiger partial charge in [0.1, 0.15) is 0 Å². The summed E-state index contributed by atoms with van der Waals surface area (Å²) in [6, 6.07) is 0.222. The van der Waals surface area contributed by atoms with Gasteiger partial charge in [0, 0.05) is 32.1 Å². The van der Waals surface area contributed by atoms with Gasteiger partial charge >= 0.3 is 12.1 Å². The third-order valence-electron chi connectivity index (χ3n) is 3.67. The van der Waals surface area contributed by atoms with E-state index in [0.29, 0.717) is 38.6 Å². The predicted octanol–water partition coefficient (Wildman–Crippen LogP) is 0.855. The summed E-state index contributed by atoms with van der Waals surface area (Å²) in [6.45, 7) is 4.09. The number of ether oxygens (including phenoxy) is 2. The summed E-state index contributed by atoms with van der Waals surface area (Å²) in [5.41, 5.74) is 5.86. The number of aliphatic imine (C=N–C) groups is 1. The highest BCUT2D eigenvalue weighted by Gasteiger charge is 2.23. The first-order chi connectivity index (χ1) is 11.1. The van der Waals surface area contributed by atoms with E-state index in [1.54, 1.807) is 11.8 Å². The molecule has 0 saturated carbocycles. The number of nitrogens with two attached hydrogens (primary N) is 1. The van der Waals surface area contributed by atoms with Crippen molar-refractivity contribution in [2.45, 2.75) is 45.1 Å². The van der Waals surface area contributed by atoms with Gasteiger partial charge in [0.15, 0.2) is 5.96 Å². The molecule has 0 aromatic rings. The molecule has 0 aromatic carbocycles. The zero-order valence-corrected chi connectivity index (χ0v) is 14.0. The molecule has 3 N–H and O–H groups in total. The molecule has 1 amide bonds. The summed E-state index contributed by atoms with van der Waals surface area (Å²) in [5.74, 6) is 0.214. The van der Waals surface area contributed by atoms with Crippen molar-refractivity contribution in [1.29, 1.82) is 0 Å². The topological polar surface area (TPSA) is 106 Å². The Labute approximate surface area is 137 Å². The predicted molar refractivity (Wildman–Crippen MR) is 87.1 cm³/mol. The number of methoxy groups -OCH3 is 1. The molecule has 1 heterocycles. The Bertz CT molecular complexity index is 406. The average molecular weight is 328 g/mol. The maximum atomic E-state index is 11.6. The maximum Gasteiger partial charge on any atom is 0.409 e. The lowest BCUT2D eigenvalue weighted by molar-refractivity contribution is -0.140. The van der Waals surface area contributed by atoms with Crippen LogP contribution >= 0.6 is 0 Å². The zero-order chi connectivity index (χ0) is 17.1. The van der Waals surface area contributed by atoms with E-state index in [2.05, 4.69) is 15.0 Å². The first-order valence-corrected chi connectivity index (χ1v) is 8.11. The number of piperidine rings is 1. The molecule has 1 rings (SSSR count). The van der Waals surface area contributed by atoms with Crippen LogP contribution in [0.3, 0.4) is 0 Å². The number of carbonyl (C=O) groups is 2. The molecule has 0 radical (unpaired) electrons. The summed E-state index contributed by atoms with van der Waals surface area (Å²) in [7, 11) is 1.38. The molecule has 0 atom stereocenters. The van der Waals surface area contributed by atoms with Crippen LogP contribution in [-0.4, -0.2) is 62.3 Å². The Kier molecular flexibility index (Phi) is 8.86. The van der Waals surface area contributed by atoms with Gasteiger partial charge in [-0.05, 0) is 32.6 Å². The van der Waals surface area contributed by atoms with Crippen LogP contribution in [0.2, 0.25) is 0 Å². The molecule has 1 aliphatic heterocycles. The molecule has 1 saturated heterocycles. The van der Waals surface area contributed by atoms with Crippen molar-refractivity contribution < 1.29 is 19.1 Å². The fourth-order valence-corrected chi connectivity index (χ4v) is 2.36. The van der Waals surface area contributed by atoms with Gasteiger partial charge in [-0.1, -0.05) is 0 Å². The summed E-state index contributed by atoms with van der Waals surface area (Å²) in [4.78, 5) is 28.5. The van der Waals surface area contributed by atoms with E-state index in [9.17, 15) is 9.59 Å². The highest BCUT2D eigenvalue weighted by Crippen LogP contribution is 2.11. The molecular formula is C15H28N4O4. The van der Waals surface area contributed by atoms with E-state index in [1.807, 2.05) is 0 Å². The van der Waals surface area contributed by atoms with Crippen molar-refractivity contribution in [2.24, 2.45) is 10.7 Å². The van der Waals surface area contributed by atoms with E-state index >= 15 is 0 Å². The number of carbonyl (C=O) groups excluding carboxylic acids is 2. The van der Waals surface area contributed by atoms with Crippen LogP contribution in [0.15, 0.2) is 4.99 Å². The molecule has 0 aromatic heterocycles. The minimum Gasteiger partial charge on any atom is -0.469 e. The van der Waals surface area contributed by atoms with Crippen molar-refractivity contribution in [3.05, 3.63) is 0 Å². The fourth-order valence-electron chi connectivity index (χ4n) is 2.36. The van der Waals surface area contributed by atoms with Crippen LogP contribution in [0.1, 0.15) is 39.0 Å². The fraction of sp³-hybridized carbons (Fsp3) is 0.800. The second kappa shape index (κ2) is 10.7. The van der Waals surface area contributed by atoms with Crippen molar-refractivity contribution in [3.8, 4) is 0 Å². The number of nitrogens with zero attached hydrogens (tertiary/aromatic N) is 2. The Balaban J connectivity index is 2.18. The number of amides is 1. The van der Waals surface area contributed by atoms with E-state index in [-0.39, 0.29) is 18.1 Å². The largest absolute Gasteiger partial charge is 0.469 e. The number of nitrogens with one attached hydrogen (secondary N) is 1. The van der Waals surface area contributed by atoms with Crippen molar-refractivity contribution in [3.63, 3.8) is 0 Å². The summed E-state index contributed by atoms with van der Waals surface area (Å²) in [6.07, 6.45) is 3.32. The normalized spacial score (nSPS) is 16.1. The van der Waals surface area contributed by atoms with Gasteiger partial charge < -0.3 is 25.4 Å². The smallest absolute Gasteiger partial charge is 0.409 e. The second-order valence-electron chi connectivity index (χ2n) is 5.40. The number of likely N-dealkylation sites (tertiary alicyclic amines) is 1. The molecule has 0 unspecified atom stereocenters. The number of unbranched alkanes of at least 4 members (excludes halogenated alkanes) is 1. The summed E-state index contributed by atoms with van der Waals surface area (Å²) in [5, 5.41) is 3.18. The first kappa shape index (κ1) is 19.1. The van der Waals surface area contributed by atoms with Crippen LogP contribution < -0.4 is 11.1 Å². The molecule has 0 spiro atoms. The van der Waals surface area contributed by atoms with Gasteiger partial charge in [0.05, 0.1) is 13.7 Å². The van der Waals surface area contributed by atoms with Gasteiger partial charge in [-0.3, -0.25) is 9.79 Å². The molecule has 132 valence electrons. The van der Waals surface area contributed by atoms with E-state index in [0.717, 1.165) is 25.7 Å². The van der Waals surface area contributed by atoms with Gasteiger partial charge in [-0.25, -0.2) is 4.79 Å². The number of esters is 1. The van der Waals surface area contributed by atoms with Crippen LogP contribution in [-0.2, 0) is 14.3 Å². The third kappa shape index (κ3) is 7.71. The summed E-state index contributed by atoms with van der Waals surface area (Å²) < 4.78 is 9.55. The van der Waals surface area contributed by atoms with Gasteiger partial charge in [-0.15, -0.1) is 0 Å². The van der Waals surface area contributed by atoms with Crippen molar-refractivity contribution >= 4 is 18.0 Å². The van der Waals surface area contributed by atoms with Crippen LogP contribution in [0.4, 0.5) is 4.79 Å². The number of guanidine groups is 1. The molecule has 1 fully saturated rings. The lowest BCUT2D eigenvalue weighted by Crippen LogP contribution is -2.48. The minimum atomic E-state index is -0.252. The van der Waals surface area contributed by atoms with Gasteiger partial charge in [0.2, 0.25) is 0 Å². The molecule has 1 aliphatic rings. The second-order valence-corrected chi connectivity index (χ2v) is 5.40. The lowest BCUT2D eigenvalue weighted by atomic mass is 10.1. The Hall–Kier alpha value is -1.99. The van der Waals surface area contributed by atoms with Crippen LogP contribution in [0, 0.1) is 0 Å². The molecular weight excluding hydrogens is 300 g/mol. The number of hydrogen-bond donors (Lipinski definition) is 2. The molecule has 0 bridgehead atoms. The molecule has 0 aliphatic carbocycles. The maximum absolute atomic E-state index is 11.6. The minimum absolute atomic E-state index is 0.201. The zero-order valence-electron chi connectivity index (χ0n) is 14.0. The third-order valence-corrected chi connectivity index (χ3v) is 3.67. The van der Waals surface area contributed by atoms with E-state index in [4.69, 9.17) is 10.5 Å². The van der Waals surface area contributed by atoms with E-state index in [1.165, 1.54) is 7.11 Å². The Morgan fingerprint density at radius 2 is 2.00 bits per heavy atom. The van der Waals surface area contributed by atoms with Crippen molar-refractivity contribution in [2.75, 3.05) is 33.4 Å². The molecule has 23 heavy (non-hydrogen) atoms. The monoisotopic (exact) mass is 328 g/mol. The van der Waals surface area contributed by atoms with Crippen LogP contribution in [0.25, 0.3) is 0 Å². The number of hydrogen-bond acceptors (Lipinski definition) is 5. The lowest BCUT2D eigenvalue weighted by Gasteiger charge is -2.31. The molecule has 8 heteroatoms.